The van der Waals surface area contributed by atoms with Gasteiger partial charge in [-0.15, -0.1) is 0 Å². The van der Waals surface area contributed by atoms with Gasteiger partial charge in [-0.3, -0.25) is 0 Å². The van der Waals surface area contributed by atoms with Gasteiger partial charge in [0.25, 0.3) is 0 Å². The molecule has 0 radical (unpaired) electrons. The first-order valence-electron chi connectivity index (χ1n) is 7.92. The largest absolute Gasteiger partial charge is 0.494 e. The highest BCUT2D eigenvalue weighted by molar-refractivity contribution is 5.60. The normalized spacial score (nSPS) is 18.3. The Bertz CT molecular complexity index is 664. The van der Waals surface area contributed by atoms with E-state index in [1.807, 2.05) is 12.3 Å². The van der Waals surface area contributed by atoms with Crippen LogP contribution in [0.25, 0.3) is 5.82 Å². The van der Waals surface area contributed by atoms with E-state index in [0.717, 1.165) is 48.3 Å². The molecule has 1 aliphatic rings. The first-order valence-corrected chi connectivity index (χ1v) is 7.92. The molecular weight excluding hydrogens is 292 g/mol. The minimum Gasteiger partial charge on any atom is -0.494 e. The maximum Gasteiger partial charge on any atom is 0.147 e. The molecule has 2 N–H and O–H groups in total. The third kappa shape index (κ3) is 3.04. The number of hydrogen-bond donors (Lipinski definition) is 2. The molecule has 1 aliphatic heterocycles. The van der Waals surface area contributed by atoms with Gasteiger partial charge in [-0.2, -0.15) is 0 Å². The van der Waals surface area contributed by atoms with Gasteiger partial charge in [-0.05, 0) is 26.0 Å². The lowest BCUT2D eigenvalue weighted by atomic mass is 10.2. The number of aryl methyl sites for hydroxylation is 2. The third-order valence-electron chi connectivity index (χ3n) is 4.37. The number of methoxy groups -OCH3 is 1. The van der Waals surface area contributed by atoms with Crippen LogP contribution in [0.4, 0.5) is 5.69 Å². The lowest BCUT2D eigenvalue weighted by Gasteiger charge is -2.35. The summed E-state index contributed by atoms with van der Waals surface area (Å²) in [6, 6.07) is 6.23. The van der Waals surface area contributed by atoms with Crippen LogP contribution in [0.2, 0.25) is 0 Å². The second-order valence-electron chi connectivity index (χ2n) is 5.95. The van der Waals surface area contributed by atoms with Crippen LogP contribution in [0, 0.1) is 13.8 Å². The van der Waals surface area contributed by atoms with Crippen LogP contribution in [0.1, 0.15) is 11.4 Å². The van der Waals surface area contributed by atoms with Gasteiger partial charge in [0.05, 0.1) is 25.6 Å². The van der Waals surface area contributed by atoms with Crippen LogP contribution in [0.5, 0.6) is 5.75 Å². The number of pyridine rings is 1. The smallest absolute Gasteiger partial charge is 0.147 e. The molecule has 23 heavy (non-hydrogen) atoms. The van der Waals surface area contributed by atoms with Gasteiger partial charge < -0.3 is 24.6 Å². The zero-order valence-electron chi connectivity index (χ0n) is 13.9. The Hall–Kier alpha value is -2.05. The molecule has 0 saturated carbocycles. The average molecular weight is 316 g/mol. The number of nitrogens with zero attached hydrogens (tertiary/aromatic N) is 3. The number of rotatable bonds is 4. The van der Waals surface area contributed by atoms with E-state index < -0.39 is 0 Å². The molecule has 6 nitrogen and oxygen atoms in total. The van der Waals surface area contributed by atoms with Gasteiger partial charge in [0, 0.05) is 43.1 Å². The number of aromatic nitrogens is 2. The number of ether oxygens (including phenoxy) is 1. The fraction of sp³-hybridized carbons (Fsp3) is 0.471. The molecule has 1 saturated heterocycles. The molecule has 3 rings (SSSR count). The van der Waals surface area contributed by atoms with Crippen LogP contribution in [0.15, 0.2) is 24.4 Å². The highest BCUT2D eigenvalue weighted by atomic mass is 16.5. The molecule has 2 aromatic rings. The highest BCUT2D eigenvalue weighted by Gasteiger charge is 2.22. The van der Waals surface area contributed by atoms with Crippen molar-refractivity contribution in [3.63, 3.8) is 0 Å². The molecule has 3 heterocycles. The Kier molecular flexibility index (Phi) is 4.54. The first-order chi connectivity index (χ1) is 11.1. The van der Waals surface area contributed by atoms with Gasteiger partial charge in [-0.1, -0.05) is 0 Å². The molecule has 0 aliphatic carbocycles. The first kappa shape index (κ1) is 15.8. The van der Waals surface area contributed by atoms with Gasteiger partial charge in [0.15, 0.2) is 0 Å². The topological polar surface area (TPSA) is 62.5 Å². The monoisotopic (exact) mass is 316 g/mol. The summed E-state index contributed by atoms with van der Waals surface area (Å²) in [5.41, 5.74) is 3.26. The standard InChI is InChI=1S/C17H24N4O2/c1-12-4-5-13(2)21(12)17-8-16(23-3)15(9-19-17)20-7-6-18-14(10-20)11-22/h4-5,8-9,14,18,22H,6-7,10-11H2,1-3H3. The van der Waals surface area contributed by atoms with E-state index in [1.54, 1.807) is 7.11 Å². The third-order valence-corrected chi connectivity index (χ3v) is 4.37. The molecule has 0 bridgehead atoms. The number of aliphatic hydroxyl groups excluding tert-OH is 1. The van der Waals surface area contributed by atoms with Crippen molar-refractivity contribution in [3.8, 4) is 11.6 Å². The number of nitrogens with one attached hydrogen (secondary N) is 1. The summed E-state index contributed by atoms with van der Waals surface area (Å²) in [4.78, 5) is 6.85. The minimum absolute atomic E-state index is 0.0853. The average Bonchev–Trinajstić information content (AvgIpc) is 2.93. The van der Waals surface area contributed by atoms with Crippen LogP contribution in [0.3, 0.4) is 0 Å². The zero-order chi connectivity index (χ0) is 16.4. The Morgan fingerprint density at radius 2 is 2.09 bits per heavy atom. The van der Waals surface area contributed by atoms with Gasteiger partial charge >= 0.3 is 0 Å². The van der Waals surface area contributed by atoms with Crippen molar-refractivity contribution in [2.45, 2.75) is 19.9 Å². The van der Waals surface area contributed by atoms with Crippen molar-refractivity contribution in [2.24, 2.45) is 0 Å². The fourth-order valence-corrected chi connectivity index (χ4v) is 3.14. The van der Waals surface area contributed by atoms with Crippen molar-refractivity contribution >= 4 is 5.69 Å². The van der Waals surface area contributed by atoms with Crippen LogP contribution < -0.4 is 15.0 Å². The van der Waals surface area contributed by atoms with Crippen molar-refractivity contribution < 1.29 is 9.84 Å². The lowest BCUT2D eigenvalue weighted by Crippen LogP contribution is -2.52. The lowest BCUT2D eigenvalue weighted by molar-refractivity contribution is 0.235. The number of piperazine rings is 1. The van der Waals surface area contributed by atoms with E-state index in [-0.39, 0.29) is 12.6 Å². The number of aliphatic hydroxyl groups is 1. The molecule has 6 heteroatoms. The molecule has 1 fully saturated rings. The van der Waals surface area contributed by atoms with Gasteiger partial charge in [-0.25, -0.2) is 4.98 Å². The molecule has 0 spiro atoms. The molecule has 0 amide bonds. The van der Waals surface area contributed by atoms with Crippen molar-refractivity contribution in [3.05, 3.63) is 35.8 Å². The number of hydrogen-bond acceptors (Lipinski definition) is 5. The fourth-order valence-electron chi connectivity index (χ4n) is 3.14. The summed E-state index contributed by atoms with van der Waals surface area (Å²) in [5, 5.41) is 12.7. The van der Waals surface area contributed by atoms with Gasteiger partial charge in [0.1, 0.15) is 11.6 Å². The summed E-state index contributed by atoms with van der Waals surface area (Å²) in [5.74, 6) is 1.67. The summed E-state index contributed by atoms with van der Waals surface area (Å²) in [7, 11) is 1.68. The van der Waals surface area contributed by atoms with E-state index in [1.165, 1.54) is 0 Å². The van der Waals surface area contributed by atoms with Crippen molar-refractivity contribution in [1.82, 2.24) is 14.9 Å². The minimum atomic E-state index is 0.0853. The maximum absolute atomic E-state index is 9.37. The predicted molar refractivity (Wildman–Crippen MR) is 90.7 cm³/mol. The van der Waals surface area contributed by atoms with Crippen molar-refractivity contribution in [1.29, 1.82) is 0 Å². The van der Waals surface area contributed by atoms with E-state index in [2.05, 4.69) is 45.7 Å². The Balaban J connectivity index is 1.94. The second-order valence-corrected chi connectivity index (χ2v) is 5.95. The summed E-state index contributed by atoms with van der Waals surface area (Å²) in [6.07, 6.45) is 1.87. The predicted octanol–water partition coefficient (Wildman–Crippen LogP) is 1.27. The molecule has 1 unspecified atom stereocenters. The van der Waals surface area contributed by atoms with E-state index >= 15 is 0 Å². The Labute approximate surface area is 136 Å². The summed E-state index contributed by atoms with van der Waals surface area (Å²) < 4.78 is 7.72. The van der Waals surface area contributed by atoms with Gasteiger partial charge in [0.2, 0.25) is 0 Å². The molecule has 1 atom stereocenters. The number of anilines is 1. The van der Waals surface area contributed by atoms with E-state index in [0.29, 0.717) is 0 Å². The molecule has 2 aromatic heterocycles. The Morgan fingerprint density at radius 3 is 2.74 bits per heavy atom. The quantitative estimate of drug-likeness (QED) is 0.889. The van der Waals surface area contributed by atoms with Crippen molar-refractivity contribution in [2.75, 3.05) is 38.3 Å². The van der Waals surface area contributed by atoms with Crippen LogP contribution in [-0.2, 0) is 0 Å². The van der Waals surface area contributed by atoms with Crippen LogP contribution >= 0.6 is 0 Å². The maximum atomic E-state index is 9.37. The van der Waals surface area contributed by atoms with E-state index in [4.69, 9.17) is 4.74 Å². The molecule has 124 valence electrons. The summed E-state index contributed by atoms with van der Waals surface area (Å²) >= 11 is 0. The zero-order valence-corrected chi connectivity index (χ0v) is 13.9. The Morgan fingerprint density at radius 1 is 1.35 bits per heavy atom. The highest BCUT2D eigenvalue weighted by Crippen LogP contribution is 2.30. The van der Waals surface area contributed by atoms with Crippen LogP contribution in [-0.4, -0.2) is 54.1 Å². The summed E-state index contributed by atoms with van der Waals surface area (Å²) in [6.45, 7) is 6.72. The SMILES string of the molecule is COc1cc(-n2c(C)ccc2C)ncc1N1CCNC(CO)C1. The molecule has 0 aromatic carbocycles. The molecular formula is C17H24N4O2. The van der Waals surface area contributed by atoms with E-state index in [9.17, 15) is 5.11 Å². The second kappa shape index (κ2) is 6.60.